The minimum atomic E-state index is -4.80. The fourth-order valence-corrected chi connectivity index (χ4v) is 2.93. The van der Waals surface area contributed by atoms with Crippen molar-refractivity contribution in [2.24, 2.45) is 5.10 Å². The summed E-state index contributed by atoms with van der Waals surface area (Å²) in [7, 11) is 0. The molecule has 1 aromatic carbocycles. The first-order valence-electron chi connectivity index (χ1n) is 8.90. The van der Waals surface area contributed by atoms with Crippen LogP contribution in [0.1, 0.15) is 26.3 Å². The van der Waals surface area contributed by atoms with Crippen LogP contribution in [0.2, 0.25) is 0 Å². The molecule has 0 atom stereocenters. The molecule has 2 amide bonds. The highest BCUT2D eigenvalue weighted by molar-refractivity contribution is 5.98. The molecule has 0 aliphatic carbocycles. The van der Waals surface area contributed by atoms with Crippen molar-refractivity contribution >= 4 is 18.0 Å². The van der Waals surface area contributed by atoms with Gasteiger partial charge in [0.25, 0.3) is 0 Å². The predicted octanol–water partition coefficient (Wildman–Crippen LogP) is 2.65. The lowest BCUT2D eigenvalue weighted by Crippen LogP contribution is -2.49. The zero-order chi connectivity index (χ0) is 21.6. The number of rotatable bonds is 7. The maximum atomic E-state index is 12.6. The molecule has 1 aliphatic rings. The number of alkyl halides is 3. The number of hydrogen-bond acceptors (Lipinski definition) is 5. The topological polar surface area (TPSA) is 74.2 Å². The van der Waals surface area contributed by atoms with Gasteiger partial charge in [-0.2, -0.15) is 5.10 Å². The molecule has 0 unspecified atom stereocenters. The monoisotopic (exact) mass is 412 g/mol. The lowest BCUT2D eigenvalue weighted by Gasteiger charge is -2.37. The van der Waals surface area contributed by atoms with E-state index in [1.54, 1.807) is 13.0 Å². The normalized spacial score (nSPS) is 16.5. The minimum Gasteiger partial charge on any atom is -0.405 e. The maximum Gasteiger partial charge on any atom is 0.573 e. The van der Waals surface area contributed by atoms with E-state index in [1.807, 2.05) is 18.7 Å². The Labute approximate surface area is 166 Å². The van der Waals surface area contributed by atoms with E-state index in [9.17, 15) is 22.8 Å². The number of hydrazone groups is 1. The highest BCUT2D eigenvalue weighted by atomic mass is 19.4. The second-order valence-corrected chi connectivity index (χ2v) is 6.55. The van der Waals surface area contributed by atoms with Crippen LogP contribution in [0.4, 0.5) is 13.2 Å². The largest absolute Gasteiger partial charge is 0.573 e. The fourth-order valence-electron chi connectivity index (χ4n) is 2.93. The van der Waals surface area contributed by atoms with Crippen LogP contribution in [-0.4, -0.2) is 53.8 Å². The van der Waals surface area contributed by atoms with E-state index in [4.69, 9.17) is 0 Å². The summed E-state index contributed by atoms with van der Waals surface area (Å²) in [4.78, 5) is 26.3. The van der Waals surface area contributed by atoms with E-state index in [0.29, 0.717) is 25.2 Å². The van der Waals surface area contributed by atoms with Crippen molar-refractivity contribution in [3.63, 3.8) is 0 Å². The summed E-state index contributed by atoms with van der Waals surface area (Å²) in [5.74, 6) is -0.512. The molecule has 2 rings (SSSR count). The summed E-state index contributed by atoms with van der Waals surface area (Å²) in [5.41, 5.74) is 4.81. The summed E-state index contributed by atoms with van der Waals surface area (Å²) in [6.45, 7) is 6.43. The Morgan fingerprint density at radius 3 is 2.55 bits per heavy atom. The van der Waals surface area contributed by atoms with Crippen molar-refractivity contribution in [2.45, 2.75) is 33.7 Å². The number of para-hydroxylation sites is 1. The quantitative estimate of drug-likeness (QED) is 0.425. The number of amides is 2. The molecule has 0 radical (unpaired) electrons. The van der Waals surface area contributed by atoms with E-state index in [0.717, 1.165) is 11.3 Å². The van der Waals surface area contributed by atoms with Gasteiger partial charge in [0.05, 0.1) is 12.3 Å². The van der Waals surface area contributed by atoms with Gasteiger partial charge in [0.15, 0.2) is 0 Å². The van der Waals surface area contributed by atoms with Crippen LogP contribution in [0.25, 0.3) is 0 Å². The van der Waals surface area contributed by atoms with Crippen LogP contribution in [0, 0.1) is 0 Å². The Balaban J connectivity index is 2.08. The number of carbonyl (C=O) groups excluding carboxylic acids is 2. The van der Waals surface area contributed by atoms with E-state index >= 15 is 0 Å². The van der Waals surface area contributed by atoms with Crippen LogP contribution in [0.3, 0.4) is 0 Å². The first kappa shape index (κ1) is 22.3. The number of ether oxygens (including phenoxy) is 1. The summed E-state index contributed by atoms with van der Waals surface area (Å²) < 4.78 is 41.8. The van der Waals surface area contributed by atoms with Gasteiger partial charge in [-0.05, 0) is 32.4 Å². The minimum absolute atomic E-state index is 0.0322. The molecule has 0 saturated carbocycles. The molecule has 29 heavy (non-hydrogen) atoms. The van der Waals surface area contributed by atoms with Gasteiger partial charge in [0.1, 0.15) is 5.75 Å². The van der Waals surface area contributed by atoms with Gasteiger partial charge in [-0.25, -0.2) is 5.43 Å². The molecule has 1 N–H and O–H groups in total. The Morgan fingerprint density at radius 1 is 1.24 bits per heavy atom. The predicted molar refractivity (Wildman–Crippen MR) is 101 cm³/mol. The molecule has 7 nitrogen and oxygen atoms in total. The van der Waals surface area contributed by atoms with Gasteiger partial charge in [0, 0.05) is 30.9 Å². The highest BCUT2D eigenvalue weighted by Crippen LogP contribution is 2.27. The Bertz CT molecular complexity index is 821. The zero-order valence-corrected chi connectivity index (χ0v) is 16.4. The SMILES string of the molecule is CC(=N/NC=O)/C(C)=C(\C)N1CCN(Cc2ccccc2OC(F)(F)F)C(=O)C1. The van der Waals surface area contributed by atoms with Crippen LogP contribution >= 0.6 is 0 Å². The summed E-state index contributed by atoms with van der Waals surface area (Å²) in [5, 5.41) is 3.90. The average molecular weight is 412 g/mol. The molecule has 158 valence electrons. The second kappa shape index (κ2) is 9.44. The third-order valence-electron chi connectivity index (χ3n) is 4.72. The number of nitrogens with one attached hydrogen (secondary N) is 1. The molecule has 1 heterocycles. The summed E-state index contributed by atoms with van der Waals surface area (Å²) in [6.07, 6.45) is -4.33. The van der Waals surface area contributed by atoms with Crippen LogP contribution in [0.15, 0.2) is 40.6 Å². The molecular weight excluding hydrogens is 389 g/mol. The molecule has 0 aromatic heterocycles. The first-order valence-corrected chi connectivity index (χ1v) is 8.90. The highest BCUT2D eigenvalue weighted by Gasteiger charge is 2.33. The van der Waals surface area contributed by atoms with E-state index in [-0.39, 0.29) is 30.3 Å². The molecule has 0 spiro atoms. The molecule has 10 heteroatoms. The van der Waals surface area contributed by atoms with Crippen LogP contribution in [0.5, 0.6) is 5.75 Å². The second-order valence-electron chi connectivity index (χ2n) is 6.55. The first-order chi connectivity index (χ1) is 13.6. The van der Waals surface area contributed by atoms with Crippen molar-refractivity contribution in [2.75, 3.05) is 19.6 Å². The van der Waals surface area contributed by atoms with E-state index in [1.165, 1.54) is 23.1 Å². The molecular formula is C19H23F3N4O3. The van der Waals surface area contributed by atoms with Crippen LogP contribution < -0.4 is 10.2 Å². The molecule has 1 saturated heterocycles. The lowest BCUT2D eigenvalue weighted by molar-refractivity contribution is -0.275. The van der Waals surface area contributed by atoms with Gasteiger partial charge in [-0.3, -0.25) is 9.59 Å². The number of halogens is 3. The average Bonchev–Trinajstić information content (AvgIpc) is 2.66. The van der Waals surface area contributed by atoms with Gasteiger partial charge < -0.3 is 14.5 Å². The standard InChI is InChI=1S/C19H23F3N4O3/c1-13(14(2)24-23-12-27)15(3)25-8-9-26(18(28)11-25)10-16-6-4-5-7-17(16)29-19(20,21)22/h4-7,12H,8-11H2,1-3H3,(H,23,27)/b15-13+,24-14-. The maximum absolute atomic E-state index is 12.6. The van der Waals surface area contributed by atoms with Gasteiger partial charge in [-0.1, -0.05) is 18.2 Å². The molecule has 1 aromatic rings. The smallest absolute Gasteiger partial charge is 0.405 e. The van der Waals surface area contributed by atoms with Crippen molar-refractivity contribution in [1.29, 1.82) is 0 Å². The summed E-state index contributed by atoms with van der Waals surface area (Å²) in [6, 6.07) is 5.79. The lowest BCUT2D eigenvalue weighted by atomic mass is 10.1. The van der Waals surface area contributed by atoms with Gasteiger partial charge >= 0.3 is 6.36 Å². The van der Waals surface area contributed by atoms with Crippen LogP contribution in [-0.2, 0) is 16.1 Å². The molecule has 1 fully saturated rings. The Morgan fingerprint density at radius 2 is 1.93 bits per heavy atom. The third-order valence-corrected chi connectivity index (χ3v) is 4.72. The van der Waals surface area contributed by atoms with E-state index in [2.05, 4.69) is 15.3 Å². The number of piperazine rings is 1. The number of benzene rings is 1. The summed E-state index contributed by atoms with van der Waals surface area (Å²) >= 11 is 0. The van der Waals surface area contributed by atoms with Crippen molar-refractivity contribution < 1.29 is 27.5 Å². The number of hydrogen-bond donors (Lipinski definition) is 1. The number of allylic oxidation sites excluding steroid dienone is 2. The molecule has 0 bridgehead atoms. The zero-order valence-electron chi connectivity index (χ0n) is 16.4. The van der Waals surface area contributed by atoms with Crippen molar-refractivity contribution in [1.82, 2.24) is 15.2 Å². The Kier molecular flexibility index (Phi) is 7.24. The number of carbonyl (C=O) groups is 2. The van der Waals surface area contributed by atoms with Gasteiger partial charge in [-0.15, -0.1) is 13.2 Å². The number of nitrogens with zero attached hydrogens (tertiary/aromatic N) is 3. The van der Waals surface area contributed by atoms with Gasteiger partial charge in [0.2, 0.25) is 12.3 Å². The van der Waals surface area contributed by atoms with Crippen molar-refractivity contribution in [3.8, 4) is 5.75 Å². The Hall–Kier alpha value is -3.04. The fraction of sp³-hybridized carbons (Fsp3) is 0.421. The van der Waals surface area contributed by atoms with E-state index < -0.39 is 6.36 Å². The third kappa shape index (κ3) is 6.23. The molecule has 1 aliphatic heterocycles. The van der Waals surface area contributed by atoms with Crippen molar-refractivity contribution in [3.05, 3.63) is 41.1 Å².